The maximum absolute atomic E-state index is 12.8. The first kappa shape index (κ1) is 21.2. The summed E-state index contributed by atoms with van der Waals surface area (Å²) in [6.45, 7) is 0.768. The van der Waals surface area contributed by atoms with E-state index in [9.17, 15) is 14.4 Å². The second-order valence-electron chi connectivity index (χ2n) is 6.94. The van der Waals surface area contributed by atoms with Gasteiger partial charge in [0.05, 0.1) is 28.8 Å². The summed E-state index contributed by atoms with van der Waals surface area (Å²) in [5.74, 6) is -0.852. The van der Waals surface area contributed by atoms with Crippen LogP contribution in [-0.4, -0.2) is 54.2 Å². The van der Waals surface area contributed by atoms with Gasteiger partial charge in [-0.25, -0.2) is 0 Å². The third-order valence-corrected chi connectivity index (χ3v) is 5.49. The highest BCUT2D eigenvalue weighted by molar-refractivity contribution is 6.42. The van der Waals surface area contributed by atoms with E-state index >= 15 is 0 Å². The molecule has 154 valence electrons. The van der Waals surface area contributed by atoms with Crippen LogP contribution in [0.1, 0.15) is 23.4 Å². The molecule has 0 spiro atoms. The molecular weight excluding hydrogens is 417 g/mol. The van der Waals surface area contributed by atoms with E-state index in [0.717, 1.165) is 0 Å². The van der Waals surface area contributed by atoms with Crippen molar-refractivity contribution in [3.63, 3.8) is 0 Å². The van der Waals surface area contributed by atoms with Gasteiger partial charge in [0.15, 0.2) is 5.76 Å². The topological polar surface area (TPSA) is 82.9 Å². The number of likely N-dealkylation sites (N-methyl/N-ethyl adjacent to an activating group) is 1. The van der Waals surface area contributed by atoms with Crippen molar-refractivity contribution in [2.75, 3.05) is 32.0 Å². The summed E-state index contributed by atoms with van der Waals surface area (Å²) in [6.07, 6.45) is 2.83. The standard InChI is InChI=1S/C20H21Cl2N3O4/c1-24(12-18(26)23-14-6-7-15(21)16(22)10-14)19(27)13-4-2-8-25(11-13)20(28)17-5-3-9-29-17/h3,5-7,9-10,13H,2,4,8,11-12H2,1H3,(H,23,26). The lowest BCUT2D eigenvalue weighted by molar-refractivity contribution is -0.138. The van der Waals surface area contributed by atoms with Gasteiger partial charge in [0, 0.05) is 25.8 Å². The summed E-state index contributed by atoms with van der Waals surface area (Å²) in [6, 6.07) is 8.02. The van der Waals surface area contributed by atoms with Crippen LogP contribution in [0.2, 0.25) is 10.0 Å². The quantitative estimate of drug-likeness (QED) is 0.775. The van der Waals surface area contributed by atoms with Crippen LogP contribution < -0.4 is 5.32 Å². The second kappa shape index (κ2) is 9.33. The lowest BCUT2D eigenvalue weighted by atomic mass is 9.96. The third kappa shape index (κ3) is 5.31. The number of likely N-dealkylation sites (tertiary alicyclic amines) is 1. The van der Waals surface area contributed by atoms with Crippen molar-refractivity contribution in [2.24, 2.45) is 5.92 Å². The fraction of sp³-hybridized carbons (Fsp3) is 0.350. The molecule has 7 nitrogen and oxygen atoms in total. The van der Waals surface area contributed by atoms with E-state index in [0.29, 0.717) is 41.7 Å². The molecule has 1 aromatic heterocycles. The fourth-order valence-corrected chi connectivity index (χ4v) is 3.60. The van der Waals surface area contributed by atoms with Crippen molar-refractivity contribution in [2.45, 2.75) is 12.8 Å². The minimum atomic E-state index is -0.356. The number of hydrogen-bond acceptors (Lipinski definition) is 4. The molecular formula is C20H21Cl2N3O4. The summed E-state index contributed by atoms with van der Waals surface area (Å²) in [7, 11) is 1.57. The summed E-state index contributed by atoms with van der Waals surface area (Å²) in [4.78, 5) is 40.5. The zero-order chi connectivity index (χ0) is 21.0. The number of furan rings is 1. The Bertz CT molecular complexity index is 901. The first-order valence-electron chi connectivity index (χ1n) is 9.18. The molecule has 1 aliphatic heterocycles. The molecule has 1 fully saturated rings. The highest BCUT2D eigenvalue weighted by Crippen LogP contribution is 2.25. The van der Waals surface area contributed by atoms with Gasteiger partial charge >= 0.3 is 0 Å². The van der Waals surface area contributed by atoms with Crippen LogP contribution in [0.25, 0.3) is 0 Å². The van der Waals surface area contributed by atoms with Crippen molar-refractivity contribution in [3.05, 3.63) is 52.4 Å². The van der Waals surface area contributed by atoms with Gasteiger partial charge in [-0.3, -0.25) is 14.4 Å². The summed E-state index contributed by atoms with van der Waals surface area (Å²) >= 11 is 11.8. The molecule has 1 aromatic carbocycles. The normalized spacial score (nSPS) is 16.4. The maximum Gasteiger partial charge on any atom is 0.289 e. The Kier molecular flexibility index (Phi) is 6.82. The largest absolute Gasteiger partial charge is 0.459 e. The van der Waals surface area contributed by atoms with Gasteiger partial charge in [0.2, 0.25) is 11.8 Å². The Hall–Kier alpha value is -2.51. The number of nitrogens with zero attached hydrogens (tertiary/aromatic N) is 2. The molecule has 0 saturated carbocycles. The van der Waals surface area contributed by atoms with E-state index < -0.39 is 0 Å². The van der Waals surface area contributed by atoms with Gasteiger partial charge in [-0.05, 0) is 43.2 Å². The lowest BCUT2D eigenvalue weighted by Gasteiger charge is -2.33. The zero-order valence-corrected chi connectivity index (χ0v) is 17.4. The van der Waals surface area contributed by atoms with Crippen LogP contribution in [-0.2, 0) is 9.59 Å². The first-order valence-corrected chi connectivity index (χ1v) is 9.93. The molecule has 3 amide bonds. The Morgan fingerprint density at radius 2 is 2.03 bits per heavy atom. The van der Waals surface area contributed by atoms with Crippen LogP contribution in [0.4, 0.5) is 5.69 Å². The molecule has 2 heterocycles. The van der Waals surface area contributed by atoms with Gasteiger partial charge in [0.25, 0.3) is 5.91 Å². The first-order chi connectivity index (χ1) is 13.8. The Morgan fingerprint density at radius 1 is 1.24 bits per heavy atom. The van der Waals surface area contributed by atoms with E-state index in [1.165, 1.54) is 11.2 Å². The molecule has 0 aliphatic carbocycles. The molecule has 1 N–H and O–H groups in total. The minimum Gasteiger partial charge on any atom is -0.459 e. The summed E-state index contributed by atoms with van der Waals surface area (Å²) in [5, 5.41) is 3.41. The van der Waals surface area contributed by atoms with Crippen LogP contribution in [0.5, 0.6) is 0 Å². The van der Waals surface area contributed by atoms with Gasteiger partial charge in [-0.1, -0.05) is 23.2 Å². The van der Waals surface area contributed by atoms with Crippen LogP contribution in [0.3, 0.4) is 0 Å². The van der Waals surface area contributed by atoms with Crippen molar-refractivity contribution < 1.29 is 18.8 Å². The molecule has 0 bridgehead atoms. The van der Waals surface area contributed by atoms with E-state index in [2.05, 4.69) is 5.32 Å². The van der Waals surface area contributed by atoms with E-state index in [1.54, 1.807) is 42.3 Å². The van der Waals surface area contributed by atoms with E-state index in [4.69, 9.17) is 27.6 Å². The van der Waals surface area contributed by atoms with Crippen LogP contribution in [0, 0.1) is 5.92 Å². The van der Waals surface area contributed by atoms with Gasteiger partial charge in [-0.15, -0.1) is 0 Å². The Balaban J connectivity index is 1.55. The molecule has 9 heteroatoms. The number of benzene rings is 1. The number of anilines is 1. The lowest BCUT2D eigenvalue weighted by Crippen LogP contribution is -2.47. The molecule has 1 unspecified atom stereocenters. The minimum absolute atomic E-state index is 0.109. The summed E-state index contributed by atoms with van der Waals surface area (Å²) in [5.41, 5.74) is 0.498. The molecule has 1 aliphatic rings. The van der Waals surface area contributed by atoms with E-state index in [-0.39, 0.29) is 35.9 Å². The maximum atomic E-state index is 12.8. The zero-order valence-electron chi connectivity index (χ0n) is 15.9. The highest BCUT2D eigenvalue weighted by Gasteiger charge is 2.31. The second-order valence-corrected chi connectivity index (χ2v) is 7.75. The predicted molar refractivity (Wildman–Crippen MR) is 110 cm³/mol. The molecule has 3 rings (SSSR count). The summed E-state index contributed by atoms with van der Waals surface area (Å²) < 4.78 is 5.16. The number of halogens is 2. The van der Waals surface area contributed by atoms with Crippen molar-refractivity contribution in [3.8, 4) is 0 Å². The number of amides is 3. The number of nitrogens with one attached hydrogen (secondary N) is 1. The number of rotatable bonds is 5. The Morgan fingerprint density at radius 3 is 2.72 bits per heavy atom. The van der Waals surface area contributed by atoms with Gasteiger partial charge in [0.1, 0.15) is 0 Å². The number of piperidine rings is 1. The number of carbonyl (C=O) groups is 3. The van der Waals surface area contributed by atoms with Gasteiger partial charge < -0.3 is 19.5 Å². The van der Waals surface area contributed by atoms with Crippen molar-refractivity contribution in [1.82, 2.24) is 9.80 Å². The number of carbonyl (C=O) groups excluding carboxylic acids is 3. The van der Waals surface area contributed by atoms with Crippen LogP contribution in [0.15, 0.2) is 41.0 Å². The van der Waals surface area contributed by atoms with Crippen molar-refractivity contribution >= 4 is 46.6 Å². The Labute approximate surface area is 178 Å². The average molecular weight is 438 g/mol. The molecule has 0 radical (unpaired) electrons. The highest BCUT2D eigenvalue weighted by atomic mass is 35.5. The predicted octanol–water partition coefficient (Wildman–Crippen LogP) is 3.54. The van der Waals surface area contributed by atoms with Crippen LogP contribution >= 0.6 is 23.2 Å². The van der Waals surface area contributed by atoms with E-state index in [1.807, 2.05) is 0 Å². The van der Waals surface area contributed by atoms with Gasteiger partial charge in [-0.2, -0.15) is 0 Å². The van der Waals surface area contributed by atoms with Crippen molar-refractivity contribution in [1.29, 1.82) is 0 Å². The third-order valence-electron chi connectivity index (χ3n) is 4.75. The smallest absolute Gasteiger partial charge is 0.289 e. The monoisotopic (exact) mass is 437 g/mol. The molecule has 2 aromatic rings. The SMILES string of the molecule is CN(CC(=O)Nc1ccc(Cl)c(Cl)c1)C(=O)C1CCCN(C(=O)c2ccco2)C1. The molecule has 1 atom stereocenters. The molecule has 1 saturated heterocycles. The molecule has 29 heavy (non-hydrogen) atoms. The average Bonchev–Trinajstić information content (AvgIpc) is 3.24. The number of hydrogen-bond donors (Lipinski definition) is 1. The fourth-order valence-electron chi connectivity index (χ4n) is 3.30.